The smallest absolute Gasteiger partial charge is 0.264 e. The Morgan fingerprint density at radius 2 is 1.64 bits per heavy atom. The number of carbonyl (C=O) groups excluding carboxylic acids is 1. The van der Waals surface area contributed by atoms with Gasteiger partial charge in [-0.05, 0) is 56.4 Å². The van der Waals surface area contributed by atoms with E-state index in [2.05, 4.69) is 6.92 Å². The maximum absolute atomic E-state index is 13.4. The van der Waals surface area contributed by atoms with Crippen molar-refractivity contribution < 1.29 is 13.2 Å². The molecule has 1 aliphatic heterocycles. The highest BCUT2D eigenvalue weighted by molar-refractivity contribution is 7.92. The zero-order valence-corrected chi connectivity index (χ0v) is 17.6. The van der Waals surface area contributed by atoms with Crippen LogP contribution in [0, 0.1) is 19.8 Å². The van der Waals surface area contributed by atoms with Gasteiger partial charge < -0.3 is 4.90 Å². The molecule has 0 bridgehead atoms. The van der Waals surface area contributed by atoms with Crippen molar-refractivity contribution in [2.75, 3.05) is 23.9 Å². The summed E-state index contributed by atoms with van der Waals surface area (Å²) in [5, 5.41) is 0. The fourth-order valence-corrected chi connectivity index (χ4v) is 4.94. The summed E-state index contributed by atoms with van der Waals surface area (Å²) in [4.78, 5) is 14.9. The molecule has 1 fully saturated rings. The minimum Gasteiger partial charge on any atom is -0.341 e. The Bertz CT molecular complexity index is 931. The third-order valence-corrected chi connectivity index (χ3v) is 7.18. The number of anilines is 1. The first-order valence-electron chi connectivity index (χ1n) is 9.72. The molecule has 0 N–H and O–H groups in total. The Kier molecular flexibility index (Phi) is 6.08. The highest BCUT2D eigenvalue weighted by atomic mass is 32.2. The quantitative estimate of drug-likeness (QED) is 0.768. The van der Waals surface area contributed by atoms with Gasteiger partial charge in [-0.2, -0.15) is 0 Å². The lowest BCUT2D eigenvalue weighted by Crippen LogP contribution is -2.46. The van der Waals surface area contributed by atoms with Crippen LogP contribution in [0.25, 0.3) is 0 Å². The molecule has 0 atom stereocenters. The molecule has 0 spiro atoms. The van der Waals surface area contributed by atoms with Crippen LogP contribution in [0.15, 0.2) is 53.4 Å². The number of carbonyl (C=O) groups is 1. The van der Waals surface area contributed by atoms with Crippen LogP contribution in [0.3, 0.4) is 0 Å². The van der Waals surface area contributed by atoms with Crippen LogP contribution < -0.4 is 4.31 Å². The molecule has 0 unspecified atom stereocenters. The van der Waals surface area contributed by atoms with Gasteiger partial charge in [-0.3, -0.25) is 9.10 Å². The van der Waals surface area contributed by atoms with Crippen LogP contribution in [0.4, 0.5) is 5.69 Å². The highest BCUT2D eigenvalue weighted by Gasteiger charge is 2.30. The Labute approximate surface area is 168 Å². The fourth-order valence-electron chi connectivity index (χ4n) is 3.46. The molecular weight excluding hydrogens is 372 g/mol. The van der Waals surface area contributed by atoms with Gasteiger partial charge in [0.2, 0.25) is 5.91 Å². The van der Waals surface area contributed by atoms with Crippen LogP contribution >= 0.6 is 0 Å². The number of amides is 1. The van der Waals surface area contributed by atoms with E-state index in [1.807, 2.05) is 26.0 Å². The summed E-state index contributed by atoms with van der Waals surface area (Å²) in [6, 6.07) is 14.0. The number of hydrogen-bond acceptors (Lipinski definition) is 3. The van der Waals surface area contributed by atoms with Crippen LogP contribution in [0.5, 0.6) is 0 Å². The van der Waals surface area contributed by atoms with Gasteiger partial charge >= 0.3 is 0 Å². The van der Waals surface area contributed by atoms with Gasteiger partial charge in [0.1, 0.15) is 6.54 Å². The number of likely N-dealkylation sites (tertiary alicyclic amines) is 1. The van der Waals surface area contributed by atoms with Crippen molar-refractivity contribution in [1.29, 1.82) is 0 Å². The van der Waals surface area contributed by atoms with E-state index in [1.54, 1.807) is 41.3 Å². The second kappa shape index (κ2) is 8.35. The van der Waals surface area contributed by atoms with Crippen LogP contribution in [-0.4, -0.2) is 38.9 Å². The van der Waals surface area contributed by atoms with Crippen molar-refractivity contribution in [2.24, 2.45) is 5.92 Å². The molecular formula is C22H28N2O3S. The predicted molar refractivity (Wildman–Crippen MR) is 112 cm³/mol. The number of benzene rings is 2. The second-order valence-corrected chi connectivity index (χ2v) is 9.54. The maximum atomic E-state index is 13.4. The number of piperidine rings is 1. The first-order valence-corrected chi connectivity index (χ1v) is 11.2. The molecule has 0 aliphatic carbocycles. The minimum atomic E-state index is -3.85. The van der Waals surface area contributed by atoms with E-state index in [1.165, 1.54) is 4.31 Å². The van der Waals surface area contributed by atoms with E-state index in [-0.39, 0.29) is 17.3 Å². The summed E-state index contributed by atoms with van der Waals surface area (Å²) in [7, 11) is -3.85. The summed E-state index contributed by atoms with van der Waals surface area (Å²) in [5.74, 6) is 0.457. The Morgan fingerprint density at radius 3 is 2.25 bits per heavy atom. The summed E-state index contributed by atoms with van der Waals surface area (Å²) < 4.78 is 28.1. The van der Waals surface area contributed by atoms with Gasteiger partial charge in [-0.15, -0.1) is 0 Å². The Morgan fingerprint density at radius 1 is 1.04 bits per heavy atom. The van der Waals surface area contributed by atoms with Crippen molar-refractivity contribution in [2.45, 2.75) is 38.5 Å². The lowest BCUT2D eigenvalue weighted by atomic mass is 9.99. The maximum Gasteiger partial charge on any atom is 0.264 e. The monoisotopic (exact) mass is 400 g/mol. The lowest BCUT2D eigenvalue weighted by molar-refractivity contribution is -0.130. The summed E-state index contributed by atoms with van der Waals surface area (Å²) in [6.07, 6.45) is 1.92. The summed E-state index contributed by atoms with van der Waals surface area (Å²) in [6.45, 7) is 7.15. The molecule has 1 heterocycles. The molecule has 2 aromatic rings. The molecule has 150 valence electrons. The van der Waals surface area contributed by atoms with Crippen molar-refractivity contribution in [3.05, 3.63) is 59.7 Å². The molecule has 3 rings (SSSR count). The van der Waals surface area contributed by atoms with Crippen LogP contribution in [0.1, 0.15) is 30.9 Å². The van der Waals surface area contributed by atoms with E-state index in [0.717, 1.165) is 24.0 Å². The van der Waals surface area contributed by atoms with Gasteiger partial charge in [0, 0.05) is 13.1 Å². The average Bonchev–Trinajstić information content (AvgIpc) is 2.67. The van der Waals surface area contributed by atoms with Crippen LogP contribution in [-0.2, 0) is 14.8 Å². The van der Waals surface area contributed by atoms with E-state index in [4.69, 9.17) is 0 Å². The molecule has 2 aromatic carbocycles. The normalized spacial score (nSPS) is 15.5. The fraction of sp³-hybridized carbons (Fsp3) is 0.409. The molecule has 1 aliphatic rings. The topological polar surface area (TPSA) is 57.7 Å². The number of hydrogen-bond donors (Lipinski definition) is 0. The van der Waals surface area contributed by atoms with Gasteiger partial charge in [0.15, 0.2) is 0 Å². The van der Waals surface area contributed by atoms with Gasteiger partial charge in [0.05, 0.1) is 10.6 Å². The largest absolute Gasteiger partial charge is 0.341 e. The third-order valence-electron chi connectivity index (χ3n) is 5.41. The number of para-hydroxylation sites is 1. The summed E-state index contributed by atoms with van der Waals surface area (Å²) >= 11 is 0. The minimum absolute atomic E-state index is 0.147. The SMILES string of the molecule is Cc1ccc(S(=O)(=O)N(CC(=O)N2CCC(C)CC2)c2ccccc2C)cc1. The number of rotatable bonds is 5. The lowest BCUT2D eigenvalue weighted by Gasteiger charge is -2.33. The summed E-state index contributed by atoms with van der Waals surface area (Å²) in [5.41, 5.74) is 2.35. The number of nitrogens with zero attached hydrogens (tertiary/aromatic N) is 2. The first kappa shape index (κ1) is 20.4. The van der Waals surface area contributed by atoms with Crippen molar-refractivity contribution in [3.8, 4) is 0 Å². The second-order valence-electron chi connectivity index (χ2n) is 7.67. The van der Waals surface area contributed by atoms with E-state index in [0.29, 0.717) is 24.7 Å². The van der Waals surface area contributed by atoms with Crippen molar-refractivity contribution in [3.63, 3.8) is 0 Å². The van der Waals surface area contributed by atoms with Crippen molar-refractivity contribution in [1.82, 2.24) is 4.90 Å². The standard InChI is InChI=1S/C22H28N2O3S/c1-17-8-10-20(11-9-17)28(26,27)24(21-7-5-4-6-19(21)3)16-22(25)23-14-12-18(2)13-15-23/h4-11,18H,12-16H2,1-3H3. The molecule has 0 saturated carbocycles. The zero-order chi connectivity index (χ0) is 20.3. The highest BCUT2D eigenvalue weighted by Crippen LogP contribution is 2.27. The Hall–Kier alpha value is -2.34. The molecule has 0 aromatic heterocycles. The average molecular weight is 401 g/mol. The van der Waals surface area contributed by atoms with Crippen molar-refractivity contribution >= 4 is 21.6 Å². The van der Waals surface area contributed by atoms with E-state index < -0.39 is 10.0 Å². The molecule has 0 radical (unpaired) electrons. The molecule has 6 heteroatoms. The molecule has 5 nitrogen and oxygen atoms in total. The third kappa shape index (κ3) is 4.38. The van der Waals surface area contributed by atoms with Gasteiger partial charge in [0.25, 0.3) is 10.0 Å². The van der Waals surface area contributed by atoms with E-state index >= 15 is 0 Å². The molecule has 1 saturated heterocycles. The molecule has 28 heavy (non-hydrogen) atoms. The van der Waals surface area contributed by atoms with Gasteiger partial charge in [-0.1, -0.05) is 42.8 Å². The van der Waals surface area contributed by atoms with Gasteiger partial charge in [-0.25, -0.2) is 8.42 Å². The van der Waals surface area contributed by atoms with E-state index in [9.17, 15) is 13.2 Å². The molecule has 1 amide bonds. The number of sulfonamides is 1. The first-order chi connectivity index (χ1) is 13.3. The van der Waals surface area contributed by atoms with Crippen LogP contribution in [0.2, 0.25) is 0 Å². The number of aryl methyl sites for hydroxylation is 2. The zero-order valence-electron chi connectivity index (χ0n) is 16.8. The Balaban J connectivity index is 1.95. The predicted octanol–water partition coefficient (Wildman–Crippen LogP) is 3.76.